The maximum atomic E-state index is 11.0. The fourth-order valence-corrected chi connectivity index (χ4v) is 1.80. The highest BCUT2D eigenvalue weighted by Gasteiger charge is 2.72. The lowest BCUT2D eigenvalue weighted by Crippen LogP contribution is -2.63. The summed E-state index contributed by atoms with van der Waals surface area (Å²) in [6, 6.07) is 8.06. The Balaban J connectivity index is 2.46. The third kappa shape index (κ3) is 2.35. The second-order valence-corrected chi connectivity index (χ2v) is 4.26. The van der Waals surface area contributed by atoms with Crippen molar-refractivity contribution < 1.29 is 24.8 Å². The zero-order valence-corrected chi connectivity index (χ0v) is 10.4. The molecule has 0 unspecified atom stereocenters. The molecule has 0 saturated heterocycles. The fourth-order valence-electron chi connectivity index (χ4n) is 1.80. The van der Waals surface area contributed by atoms with E-state index in [1.54, 1.807) is 18.2 Å². The highest BCUT2D eigenvalue weighted by Crippen LogP contribution is 2.33. The Kier molecular flexibility index (Phi) is 3.45. The molecule has 0 amide bonds. The van der Waals surface area contributed by atoms with E-state index in [9.17, 15) is 30.4 Å². The molecule has 0 aromatic heterocycles. The van der Waals surface area contributed by atoms with Crippen molar-refractivity contribution in [2.24, 2.45) is 0 Å². The van der Waals surface area contributed by atoms with E-state index in [0.717, 1.165) is 6.08 Å². The fraction of sp³-hybridized carbons (Fsp3) is 0.167. The lowest BCUT2D eigenvalue weighted by Gasteiger charge is -2.27. The molecule has 9 heteroatoms. The quantitative estimate of drug-likeness (QED) is 0.467. The van der Waals surface area contributed by atoms with Crippen LogP contribution in [-0.2, 0) is 0 Å². The molecule has 0 heterocycles. The van der Waals surface area contributed by atoms with Gasteiger partial charge in [-0.25, -0.2) is 0 Å². The van der Waals surface area contributed by atoms with Crippen molar-refractivity contribution in [2.45, 2.75) is 11.4 Å². The lowest BCUT2D eigenvalue weighted by atomic mass is 9.94. The second-order valence-electron chi connectivity index (χ2n) is 4.26. The van der Waals surface area contributed by atoms with Gasteiger partial charge in [0, 0.05) is 0 Å². The van der Waals surface area contributed by atoms with E-state index < -0.39 is 21.3 Å². The number of para-hydroxylation sites is 1. The van der Waals surface area contributed by atoms with Crippen LogP contribution in [0.5, 0.6) is 5.75 Å². The first-order chi connectivity index (χ1) is 9.79. The van der Waals surface area contributed by atoms with Gasteiger partial charge in [0.2, 0.25) is 0 Å². The van der Waals surface area contributed by atoms with Gasteiger partial charge in [0.25, 0.3) is 0 Å². The first-order valence-electron chi connectivity index (χ1n) is 5.68. The van der Waals surface area contributed by atoms with Gasteiger partial charge in [0.05, 0.1) is 0 Å². The summed E-state index contributed by atoms with van der Waals surface area (Å²) in [5, 5.41) is 41.3. The van der Waals surface area contributed by atoms with Gasteiger partial charge in [-0.2, -0.15) is 0 Å². The maximum absolute atomic E-state index is 11.0. The number of nitro groups is 2. The van der Waals surface area contributed by atoms with Crippen molar-refractivity contribution in [2.75, 3.05) is 0 Å². The van der Waals surface area contributed by atoms with E-state index in [2.05, 4.69) is 0 Å². The zero-order chi connectivity index (χ0) is 15.7. The number of ether oxygens (including phenoxy) is 1. The summed E-state index contributed by atoms with van der Waals surface area (Å²) in [5.74, 6) is -3.23. The summed E-state index contributed by atoms with van der Waals surface area (Å²) < 4.78 is 5.25. The molecule has 2 N–H and O–H groups in total. The molecule has 21 heavy (non-hydrogen) atoms. The Morgan fingerprint density at radius 1 is 1.05 bits per heavy atom. The van der Waals surface area contributed by atoms with Crippen molar-refractivity contribution in [3.63, 3.8) is 0 Å². The van der Waals surface area contributed by atoms with E-state index in [0.29, 0.717) is 12.2 Å². The standard InChI is InChI=1S/C12H10N2O7/c15-12(16)7-6-10(21-9-4-2-1-3-5-9)8-11(12,13(17)18)14(19)20/h1-8,15-16H. The van der Waals surface area contributed by atoms with E-state index in [1.165, 1.54) is 12.1 Å². The van der Waals surface area contributed by atoms with Crippen LogP contribution in [0.15, 0.2) is 54.3 Å². The first kappa shape index (κ1) is 14.6. The summed E-state index contributed by atoms with van der Waals surface area (Å²) in [6.07, 6.45) is 2.01. The Labute approximate surface area is 117 Å². The molecule has 1 aliphatic carbocycles. The van der Waals surface area contributed by atoms with E-state index >= 15 is 0 Å². The number of allylic oxidation sites excluding steroid dienone is 1. The van der Waals surface area contributed by atoms with Gasteiger partial charge in [0.1, 0.15) is 27.4 Å². The number of hydrogen-bond acceptors (Lipinski definition) is 7. The number of hydrogen-bond donors (Lipinski definition) is 2. The summed E-state index contributed by atoms with van der Waals surface area (Å²) in [6.45, 7) is 0. The molecule has 0 spiro atoms. The maximum Gasteiger partial charge on any atom is 0.536 e. The van der Waals surface area contributed by atoms with Gasteiger partial charge in [-0.1, -0.05) is 18.2 Å². The molecule has 9 nitrogen and oxygen atoms in total. The molecule has 0 atom stereocenters. The van der Waals surface area contributed by atoms with Crippen LogP contribution in [-0.4, -0.2) is 31.5 Å². The number of benzene rings is 1. The first-order valence-corrected chi connectivity index (χ1v) is 5.68. The smallest absolute Gasteiger partial charge is 0.457 e. The van der Waals surface area contributed by atoms with Gasteiger partial charge < -0.3 is 14.9 Å². The van der Waals surface area contributed by atoms with E-state index in [4.69, 9.17) is 4.74 Å². The third-order valence-electron chi connectivity index (χ3n) is 2.90. The molecule has 0 saturated carbocycles. The Hall–Kier alpha value is -2.78. The SMILES string of the molecule is O=[N+]([O-])C1([N+](=O)[O-])C=C(Oc2ccccc2)C=CC1(O)O. The minimum atomic E-state index is -3.34. The third-order valence-corrected chi connectivity index (χ3v) is 2.90. The van der Waals surface area contributed by atoms with Crippen molar-refractivity contribution in [3.05, 3.63) is 74.5 Å². The zero-order valence-electron chi connectivity index (χ0n) is 10.4. The summed E-state index contributed by atoms with van der Waals surface area (Å²) in [5.41, 5.74) is -3.34. The van der Waals surface area contributed by atoms with Crippen LogP contribution in [0, 0.1) is 20.2 Å². The molecule has 0 radical (unpaired) electrons. The average Bonchev–Trinajstić information content (AvgIpc) is 2.41. The number of aliphatic hydroxyl groups is 2. The van der Waals surface area contributed by atoms with Crippen molar-refractivity contribution >= 4 is 0 Å². The molecule has 1 aromatic carbocycles. The topological polar surface area (TPSA) is 136 Å². The highest BCUT2D eigenvalue weighted by atomic mass is 16.7. The van der Waals surface area contributed by atoms with Gasteiger partial charge in [-0.3, -0.25) is 20.2 Å². The van der Waals surface area contributed by atoms with Crippen LogP contribution in [0.25, 0.3) is 0 Å². The molecular weight excluding hydrogens is 284 g/mol. The largest absolute Gasteiger partial charge is 0.536 e. The normalized spacial score (nSPS) is 18.7. The molecule has 0 bridgehead atoms. The van der Waals surface area contributed by atoms with Crippen LogP contribution in [0.1, 0.15) is 0 Å². The molecule has 1 aromatic rings. The Morgan fingerprint density at radius 2 is 1.62 bits per heavy atom. The lowest BCUT2D eigenvalue weighted by molar-refractivity contribution is -0.808. The summed E-state index contributed by atoms with van der Waals surface area (Å²) in [4.78, 5) is 19.3. The van der Waals surface area contributed by atoms with Gasteiger partial charge >= 0.3 is 11.4 Å². The van der Waals surface area contributed by atoms with Crippen molar-refractivity contribution in [1.29, 1.82) is 0 Å². The summed E-state index contributed by atoms with van der Waals surface area (Å²) in [7, 11) is 0. The minimum Gasteiger partial charge on any atom is -0.457 e. The monoisotopic (exact) mass is 294 g/mol. The van der Waals surface area contributed by atoms with Gasteiger partial charge in [0.15, 0.2) is 0 Å². The molecular formula is C12H10N2O7. The molecule has 0 fully saturated rings. The highest BCUT2D eigenvalue weighted by molar-refractivity contribution is 5.32. The van der Waals surface area contributed by atoms with Crippen molar-refractivity contribution in [1.82, 2.24) is 0 Å². The molecule has 110 valence electrons. The van der Waals surface area contributed by atoms with E-state index in [-0.39, 0.29) is 11.5 Å². The van der Waals surface area contributed by atoms with Crippen LogP contribution < -0.4 is 4.74 Å². The van der Waals surface area contributed by atoms with Crippen LogP contribution in [0.3, 0.4) is 0 Å². The molecule has 2 rings (SSSR count). The number of rotatable bonds is 4. The van der Waals surface area contributed by atoms with Crippen LogP contribution in [0.4, 0.5) is 0 Å². The van der Waals surface area contributed by atoms with Crippen molar-refractivity contribution in [3.8, 4) is 5.75 Å². The predicted octanol–water partition coefficient (Wildman–Crippen LogP) is 0.450. The summed E-state index contributed by atoms with van der Waals surface area (Å²) >= 11 is 0. The average molecular weight is 294 g/mol. The molecule has 0 aliphatic heterocycles. The Bertz CT molecular complexity index is 622. The Morgan fingerprint density at radius 3 is 2.14 bits per heavy atom. The van der Waals surface area contributed by atoms with Crippen LogP contribution in [0.2, 0.25) is 0 Å². The van der Waals surface area contributed by atoms with E-state index in [1.807, 2.05) is 0 Å². The predicted molar refractivity (Wildman–Crippen MR) is 68.2 cm³/mol. The van der Waals surface area contributed by atoms with Gasteiger partial charge in [-0.15, -0.1) is 0 Å². The second kappa shape index (κ2) is 4.96. The molecule has 1 aliphatic rings. The van der Waals surface area contributed by atoms with Gasteiger partial charge in [-0.05, 0) is 24.3 Å². The number of nitrogens with zero attached hydrogens (tertiary/aromatic N) is 2. The van der Waals surface area contributed by atoms with Crippen LogP contribution >= 0.6 is 0 Å². The minimum absolute atomic E-state index is 0.242.